The quantitative estimate of drug-likeness (QED) is 0.756. The first-order chi connectivity index (χ1) is 7.74. The number of nitrogens with zero attached hydrogens (tertiary/aromatic N) is 2. The highest BCUT2D eigenvalue weighted by Crippen LogP contribution is 2.37. The van der Waals surface area contributed by atoms with E-state index < -0.39 is 0 Å². The molecule has 1 aliphatic heterocycles. The molecule has 2 aliphatic rings. The van der Waals surface area contributed by atoms with Crippen molar-refractivity contribution in [3.8, 4) is 0 Å². The third kappa shape index (κ3) is 1.71. The van der Waals surface area contributed by atoms with E-state index in [4.69, 9.17) is 0 Å². The lowest BCUT2D eigenvalue weighted by Crippen LogP contribution is -2.56. The molecule has 0 spiro atoms. The first-order valence-electron chi connectivity index (χ1n) is 5.79. The number of hydrogen-bond acceptors (Lipinski definition) is 4. The van der Waals surface area contributed by atoms with Gasteiger partial charge in [0.2, 0.25) is 0 Å². The number of aromatic amines is 1. The van der Waals surface area contributed by atoms with Gasteiger partial charge in [-0.05, 0) is 12.8 Å². The normalized spacial score (nSPS) is 20.6. The Kier molecular flexibility index (Phi) is 2.21. The molecule has 1 saturated carbocycles. The van der Waals surface area contributed by atoms with Gasteiger partial charge in [0.25, 0.3) is 5.56 Å². The number of H-pyrrole nitrogens is 1. The van der Waals surface area contributed by atoms with Gasteiger partial charge in [0, 0.05) is 32.1 Å². The fourth-order valence-electron chi connectivity index (χ4n) is 1.93. The summed E-state index contributed by atoms with van der Waals surface area (Å²) in [6, 6.07) is 2.06. The van der Waals surface area contributed by atoms with Crippen LogP contribution >= 0.6 is 0 Å². The van der Waals surface area contributed by atoms with Gasteiger partial charge < -0.3 is 15.2 Å². The summed E-state index contributed by atoms with van der Waals surface area (Å²) in [6.45, 7) is 1.95. The van der Waals surface area contributed by atoms with Crippen molar-refractivity contribution in [1.82, 2.24) is 15.3 Å². The predicted molar refractivity (Wildman–Crippen MR) is 61.9 cm³/mol. The molecule has 1 saturated heterocycles. The van der Waals surface area contributed by atoms with Crippen LogP contribution in [0.2, 0.25) is 0 Å². The van der Waals surface area contributed by atoms with Gasteiger partial charge in [0.15, 0.2) is 0 Å². The van der Waals surface area contributed by atoms with Crippen LogP contribution in [0.25, 0.3) is 0 Å². The number of rotatable bonds is 3. The molecule has 0 radical (unpaired) electrons. The van der Waals surface area contributed by atoms with Crippen LogP contribution < -0.4 is 15.8 Å². The molecule has 0 amide bonds. The molecule has 0 unspecified atom stereocenters. The molecule has 1 aliphatic carbocycles. The second-order valence-corrected chi connectivity index (χ2v) is 4.69. The van der Waals surface area contributed by atoms with E-state index in [1.165, 1.54) is 0 Å². The molecule has 0 aromatic carbocycles. The van der Waals surface area contributed by atoms with Crippen molar-refractivity contribution in [1.29, 1.82) is 0 Å². The van der Waals surface area contributed by atoms with Gasteiger partial charge in [0.1, 0.15) is 11.6 Å². The molecule has 5 nitrogen and oxygen atoms in total. The summed E-state index contributed by atoms with van der Waals surface area (Å²) in [5.74, 6) is 2.15. The lowest BCUT2D eigenvalue weighted by atomic mass is 10.1. The van der Waals surface area contributed by atoms with Gasteiger partial charge in [-0.1, -0.05) is 0 Å². The van der Waals surface area contributed by atoms with E-state index in [0.717, 1.165) is 37.6 Å². The highest BCUT2D eigenvalue weighted by molar-refractivity contribution is 5.39. The second-order valence-electron chi connectivity index (χ2n) is 4.69. The molecule has 0 bridgehead atoms. The summed E-state index contributed by atoms with van der Waals surface area (Å²) in [6.07, 6.45) is 2.31. The maximum absolute atomic E-state index is 11.5. The topological polar surface area (TPSA) is 61.0 Å². The number of likely N-dealkylation sites (N-methyl/N-ethyl adjacent to an activating group) is 1. The summed E-state index contributed by atoms with van der Waals surface area (Å²) in [5.41, 5.74) is -0.0361. The van der Waals surface area contributed by atoms with Crippen LogP contribution in [-0.4, -0.2) is 36.1 Å². The van der Waals surface area contributed by atoms with Crippen molar-refractivity contribution in [2.45, 2.75) is 24.8 Å². The average molecular weight is 220 g/mol. The number of aromatic nitrogens is 2. The van der Waals surface area contributed by atoms with Crippen molar-refractivity contribution in [2.24, 2.45) is 0 Å². The summed E-state index contributed by atoms with van der Waals surface area (Å²) in [4.78, 5) is 21.0. The van der Waals surface area contributed by atoms with Crippen LogP contribution in [0, 0.1) is 0 Å². The van der Waals surface area contributed by atoms with Crippen molar-refractivity contribution >= 4 is 5.82 Å². The fraction of sp³-hybridized carbons (Fsp3) is 0.636. The Hall–Kier alpha value is -1.36. The maximum Gasteiger partial charge on any atom is 0.252 e. The zero-order valence-electron chi connectivity index (χ0n) is 9.36. The predicted octanol–water partition coefficient (Wildman–Crippen LogP) is 0.0553. The smallest absolute Gasteiger partial charge is 0.252 e. The highest BCUT2D eigenvalue weighted by Gasteiger charge is 2.28. The summed E-state index contributed by atoms with van der Waals surface area (Å²) >= 11 is 0. The van der Waals surface area contributed by atoms with Gasteiger partial charge >= 0.3 is 0 Å². The third-order valence-corrected chi connectivity index (χ3v) is 3.38. The van der Waals surface area contributed by atoms with Crippen molar-refractivity contribution in [3.05, 3.63) is 22.2 Å². The van der Waals surface area contributed by atoms with Gasteiger partial charge in [-0.2, -0.15) is 0 Å². The minimum absolute atomic E-state index is 0.0361. The van der Waals surface area contributed by atoms with Gasteiger partial charge in [-0.15, -0.1) is 0 Å². The Morgan fingerprint density at radius 3 is 2.75 bits per heavy atom. The van der Waals surface area contributed by atoms with Gasteiger partial charge in [-0.25, -0.2) is 4.98 Å². The van der Waals surface area contributed by atoms with Crippen molar-refractivity contribution < 1.29 is 0 Å². The third-order valence-electron chi connectivity index (χ3n) is 3.38. The van der Waals surface area contributed by atoms with Crippen molar-refractivity contribution in [2.75, 3.05) is 25.0 Å². The molecular weight excluding hydrogens is 204 g/mol. The molecule has 1 aromatic heterocycles. The molecular formula is C11H16N4O. The van der Waals surface area contributed by atoms with Gasteiger partial charge in [0.05, 0.1) is 6.04 Å². The van der Waals surface area contributed by atoms with E-state index in [2.05, 4.69) is 20.2 Å². The van der Waals surface area contributed by atoms with Crippen LogP contribution in [0.15, 0.2) is 10.9 Å². The Bertz CT molecular complexity index is 448. The molecule has 5 heteroatoms. The molecule has 1 aromatic rings. The van der Waals surface area contributed by atoms with E-state index in [1.54, 1.807) is 6.07 Å². The molecule has 2 fully saturated rings. The molecule has 3 rings (SSSR count). The molecule has 0 atom stereocenters. The van der Waals surface area contributed by atoms with Crippen LogP contribution in [0.3, 0.4) is 0 Å². The summed E-state index contributed by atoms with van der Waals surface area (Å²) in [5, 5.41) is 3.22. The summed E-state index contributed by atoms with van der Waals surface area (Å²) < 4.78 is 0. The zero-order chi connectivity index (χ0) is 11.1. The molecule has 86 valence electrons. The Morgan fingerprint density at radius 1 is 1.44 bits per heavy atom. The van der Waals surface area contributed by atoms with E-state index in [9.17, 15) is 4.79 Å². The number of nitrogens with one attached hydrogen (secondary N) is 2. The van der Waals surface area contributed by atoms with Crippen LogP contribution in [0.4, 0.5) is 5.82 Å². The number of hydrogen-bond donors (Lipinski definition) is 2. The van der Waals surface area contributed by atoms with Crippen LogP contribution in [0.5, 0.6) is 0 Å². The second kappa shape index (κ2) is 3.59. The van der Waals surface area contributed by atoms with Crippen LogP contribution in [-0.2, 0) is 0 Å². The average Bonchev–Trinajstić information content (AvgIpc) is 2.96. The Labute approximate surface area is 93.9 Å². The monoisotopic (exact) mass is 220 g/mol. The minimum Gasteiger partial charge on any atom is -0.354 e. The SMILES string of the molecule is CN(c1cc(=O)[nH]c(C2CC2)n1)C1CNC1. The molecule has 2 N–H and O–H groups in total. The standard InChI is InChI=1S/C11H16N4O/c1-15(8-5-12-6-8)9-4-10(16)14-11(13-9)7-2-3-7/h4,7-8,12H,2-3,5-6H2,1H3,(H,13,14,16). The lowest BCUT2D eigenvalue weighted by Gasteiger charge is -2.36. The molecule has 2 heterocycles. The summed E-state index contributed by atoms with van der Waals surface area (Å²) in [7, 11) is 2.00. The van der Waals surface area contributed by atoms with Crippen molar-refractivity contribution in [3.63, 3.8) is 0 Å². The van der Waals surface area contributed by atoms with E-state index >= 15 is 0 Å². The largest absolute Gasteiger partial charge is 0.354 e. The van der Waals surface area contributed by atoms with E-state index in [0.29, 0.717) is 12.0 Å². The van der Waals surface area contributed by atoms with E-state index in [-0.39, 0.29) is 5.56 Å². The number of anilines is 1. The van der Waals surface area contributed by atoms with Gasteiger partial charge in [-0.3, -0.25) is 4.79 Å². The zero-order valence-corrected chi connectivity index (χ0v) is 9.36. The lowest BCUT2D eigenvalue weighted by molar-refractivity contribution is 0.426. The minimum atomic E-state index is -0.0361. The highest BCUT2D eigenvalue weighted by atomic mass is 16.1. The fourth-order valence-corrected chi connectivity index (χ4v) is 1.93. The van der Waals surface area contributed by atoms with E-state index in [1.807, 2.05) is 7.05 Å². The van der Waals surface area contributed by atoms with Crippen LogP contribution in [0.1, 0.15) is 24.6 Å². The Morgan fingerprint density at radius 2 is 2.19 bits per heavy atom. The Balaban J connectivity index is 1.89. The molecule has 16 heavy (non-hydrogen) atoms. The maximum atomic E-state index is 11.5. The first kappa shape index (κ1) is 9.84. The first-order valence-corrected chi connectivity index (χ1v) is 5.79.